The maximum absolute atomic E-state index is 4.55. The van der Waals surface area contributed by atoms with Crippen molar-refractivity contribution in [2.75, 3.05) is 5.32 Å². The Hall–Kier alpha value is -1.83. The Morgan fingerprint density at radius 3 is 2.90 bits per heavy atom. The van der Waals surface area contributed by atoms with E-state index in [0.717, 1.165) is 19.3 Å². The second-order valence-electron chi connectivity index (χ2n) is 5.59. The van der Waals surface area contributed by atoms with Crippen LogP contribution in [-0.4, -0.2) is 11.0 Å². The summed E-state index contributed by atoms with van der Waals surface area (Å²) in [5.74, 6) is 0. The Morgan fingerprint density at radius 2 is 2.10 bits per heavy atom. The third-order valence-corrected chi connectivity index (χ3v) is 4.18. The maximum atomic E-state index is 4.55. The second kappa shape index (κ2) is 6.08. The van der Waals surface area contributed by atoms with Crippen LogP contribution in [-0.2, 0) is 19.3 Å². The highest BCUT2D eigenvalue weighted by atomic mass is 14.9. The average molecular weight is 266 g/mol. The highest BCUT2D eigenvalue weighted by Gasteiger charge is 2.16. The summed E-state index contributed by atoms with van der Waals surface area (Å²) in [5, 5.41) is 3.66. The largest absolute Gasteiger partial charge is 0.382 e. The number of anilines is 1. The van der Waals surface area contributed by atoms with Gasteiger partial charge in [-0.25, -0.2) is 0 Å². The van der Waals surface area contributed by atoms with E-state index < -0.39 is 0 Å². The standard InChI is InChI=1S/C18H22N2/c1-2-14-7-9-16(19-13-14)11-12-17-10-8-15-5-3-4-6-18(15)20-17/h3-7,9,13,17,20H,2,8,10-12H2,1H3. The molecule has 0 amide bonds. The Kier molecular flexibility index (Phi) is 4.00. The van der Waals surface area contributed by atoms with Gasteiger partial charge in [0, 0.05) is 23.6 Å². The Bertz CT molecular complexity index is 560. The molecule has 2 aromatic rings. The molecular formula is C18H22N2. The molecule has 2 heterocycles. The number of rotatable bonds is 4. The Balaban J connectivity index is 1.57. The summed E-state index contributed by atoms with van der Waals surface area (Å²) in [7, 11) is 0. The van der Waals surface area contributed by atoms with Crippen molar-refractivity contribution in [3.63, 3.8) is 0 Å². The first-order valence-corrected chi connectivity index (χ1v) is 7.63. The van der Waals surface area contributed by atoms with Crippen LogP contribution < -0.4 is 5.32 Å². The first-order valence-electron chi connectivity index (χ1n) is 7.63. The van der Waals surface area contributed by atoms with Gasteiger partial charge in [-0.1, -0.05) is 31.2 Å². The van der Waals surface area contributed by atoms with Crippen LogP contribution in [0.15, 0.2) is 42.6 Å². The van der Waals surface area contributed by atoms with Crippen LogP contribution in [0.2, 0.25) is 0 Å². The van der Waals surface area contributed by atoms with E-state index in [1.54, 1.807) is 0 Å². The van der Waals surface area contributed by atoms with Crippen molar-refractivity contribution in [3.8, 4) is 0 Å². The number of pyridine rings is 1. The van der Waals surface area contributed by atoms with Crippen molar-refractivity contribution in [2.24, 2.45) is 0 Å². The number of para-hydroxylation sites is 1. The van der Waals surface area contributed by atoms with E-state index in [9.17, 15) is 0 Å². The topological polar surface area (TPSA) is 24.9 Å². The number of fused-ring (bicyclic) bond motifs is 1. The summed E-state index contributed by atoms with van der Waals surface area (Å²) in [5.41, 5.74) is 5.30. The van der Waals surface area contributed by atoms with Gasteiger partial charge in [-0.2, -0.15) is 0 Å². The average Bonchev–Trinajstić information content (AvgIpc) is 2.53. The predicted octanol–water partition coefficient (Wildman–Crippen LogP) is 4.00. The summed E-state index contributed by atoms with van der Waals surface area (Å²) < 4.78 is 0. The number of aromatic nitrogens is 1. The van der Waals surface area contributed by atoms with Gasteiger partial charge >= 0.3 is 0 Å². The number of hydrogen-bond donors (Lipinski definition) is 1. The summed E-state index contributed by atoms with van der Waals surface area (Å²) >= 11 is 0. The van der Waals surface area contributed by atoms with Crippen LogP contribution in [0.3, 0.4) is 0 Å². The molecule has 0 bridgehead atoms. The fourth-order valence-corrected chi connectivity index (χ4v) is 2.85. The number of benzene rings is 1. The molecule has 0 saturated heterocycles. The number of nitrogens with zero attached hydrogens (tertiary/aromatic N) is 1. The van der Waals surface area contributed by atoms with Crippen LogP contribution in [0.5, 0.6) is 0 Å². The predicted molar refractivity (Wildman–Crippen MR) is 84.1 cm³/mol. The lowest BCUT2D eigenvalue weighted by Gasteiger charge is -2.27. The fourth-order valence-electron chi connectivity index (χ4n) is 2.85. The van der Waals surface area contributed by atoms with Crippen molar-refractivity contribution in [1.29, 1.82) is 0 Å². The molecule has 0 radical (unpaired) electrons. The molecule has 1 atom stereocenters. The third kappa shape index (κ3) is 3.01. The van der Waals surface area contributed by atoms with Gasteiger partial charge in [0.25, 0.3) is 0 Å². The molecule has 1 aliphatic rings. The van der Waals surface area contributed by atoms with Crippen molar-refractivity contribution in [1.82, 2.24) is 4.98 Å². The molecule has 2 heteroatoms. The monoisotopic (exact) mass is 266 g/mol. The summed E-state index contributed by atoms with van der Waals surface area (Å²) in [6, 6.07) is 13.6. The molecule has 1 unspecified atom stereocenters. The van der Waals surface area contributed by atoms with Gasteiger partial charge in [-0.15, -0.1) is 0 Å². The number of hydrogen-bond acceptors (Lipinski definition) is 2. The van der Waals surface area contributed by atoms with E-state index in [1.165, 1.54) is 35.3 Å². The molecule has 20 heavy (non-hydrogen) atoms. The van der Waals surface area contributed by atoms with Gasteiger partial charge in [0.05, 0.1) is 0 Å². The van der Waals surface area contributed by atoms with Gasteiger partial charge in [-0.3, -0.25) is 4.98 Å². The molecule has 1 aliphatic heterocycles. The summed E-state index contributed by atoms with van der Waals surface area (Å²) in [6.07, 6.45) is 7.71. The first-order chi connectivity index (χ1) is 9.85. The minimum atomic E-state index is 0.581. The van der Waals surface area contributed by atoms with Gasteiger partial charge in [0.15, 0.2) is 0 Å². The molecule has 1 N–H and O–H groups in total. The van der Waals surface area contributed by atoms with E-state index in [1.807, 2.05) is 6.20 Å². The zero-order valence-electron chi connectivity index (χ0n) is 12.1. The molecule has 104 valence electrons. The van der Waals surface area contributed by atoms with Crippen LogP contribution in [0.25, 0.3) is 0 Å². The van der Waals surface area contributed by atoms with Crippen molar-refractivity contribution in [3.05, 3.63) is 59.4 Å². The molecule has 0 fully saturated rings. The smallest absolute Gasteiger partial charge is 0.0404 e. The SMILES string of the molecule is CCc1ccc(CCC2CCc3ccccc3N2)nc1. The lowest BCUT2D eigenvalue weighted by molar-refractivity contribution is 0.582. The van der Waals surface area contributed by atoms with E-state index in [4.69, 9.17) is 0 Å². The number of aryl methyl sites for hydroxylation is 3. The number of nitrogens with one attached hydrogen (secondary N) is 1. The highest BCUT2D eigenvalue weighted by molar-refractivity contribution is 5.53. The quantitative estimate of drug-likeness (QED) is 0.904. The zero-order chi connectivity index (χ0) is 13.8. The first kappa shape index (κ1) is 13.2. The van der Waals surface area contributed by atoms with Crippen LogP contribution in [0.1, 0.15) is 36.6 Å². The van der Waals surface area contributed by atoms with E-state index in [2.05, 4.69) is 53.6 Å². The second-order valence-corrected chi connectivity index (χ2v) is 5.59. The third-order valence-electron chi connectivity index (χ3n) is 4.18. The van der Waals surface area contributed by atoms with E-state index in [-0.39, 0.29) is 0 Å². The summed E-state index contributed by atoms with van der Waals surface area (Å²) in [6.45, 7) is 2.17. The van der Waals surface area contributed by atoms with Crippen LogP contribution >= 0.6 is 0 Å². The van der Waals surface area contributed by atoms with E-state index >= 15 is 0 Å². The Labute approximate surface area is 121 Å². The van der Waals surface area contributed by atoms with Gasteiger partial charge in [0.2, 0.25) is 0 Å². The molecule has 0 aliphatic carbocycles. The zero-order valence-corrected chi connectivity index (χ0v) is 12.1. The van der Waals surface area contributed by atoms with Crippen molar-refractivity contribution < 1.29 is 0 Å². The minimum absolute atomic E-state index is 0.581. The van der Waals surface area contributed by atoms with Crippen LogP contribution in [0, 0.1) is 0 Å². The molecule has 0 spiro atoms. The maximum Gasteiger partial charge on any atom is 0.0404 e. The lowest BCUT2D eigenvalue weighted by Crippen LogP contribution is -2.26. The Morgan fingerprint density at radius 1 is 1.20 bits per heavy atom. The molecule has 0 saturated carbocycles. The lowest BCUT2D eigenvalue weighted by atomic mass is 9.95. The highest BCUT2D eigenvalue weighted by Crippen LogP contribution is 2.26. The van der Waals surface area contributed by atoms with Crippen LogP contribution in [0.4, 0.5) is 5.69 Å². The van der Waals surface area contributed by atoms with E-state index in [0.29, 0.717) is 6.04 Å². The normalized spacial score (nSPS) is 17.4. The fraction of sp³-hybridized carbons (Fsp3) is 0.389. The molecule has 2 nitrogen and oxygen atoms in total. The van der Waals surface area contributed by atoms with Crippen molar-refractivity contribution in [2.45, 2.75) is 45.1 Å². The minimum Gasteiger partial charge on any atom is -0.382 e. The molecular weight excluding hydrogens is 244 g/mol. The van der Waals surface area contributed by atoms with Gasteiger partial charge < -0.3 is 5.32 Å². The molecule has 1 aromatic heterocycles. The van der Waals surface area contributed by atoms with Gasteiger partial charge in [0.1, 0.15) is 0 Å². The summed E-state index contributed by atoms with van der Waals surface area (Å²) in [4.78, 5) is 4.55. The van der Waals surface area contributed by atoms with Gasteiger partial charge in [-0.05, 0) is 55.4 Å². The van der Waals surface area contributed by atoms with Crippen molar-refractivity contribution >= 4 is 5.69 Å². The molecule has 3 rings (SSSR count). The molecule has 1 aromatic carbocycles.